The maximum absolute atomic E-state index is 13.1. The first-order valence-electron chi connectivity index (χ1n) is 12.5. The standard InChI is InChI=1S/C29H32N6OSi/c1-20-5-10-24(11-6-20)35-27(18-28(34-35)37(2,3)4)33-29(36)32-23-9-12-26-25(17-23)22(19-31-26)8-7-21-13-15-30-16-14-21/h5-6,9-19,31H,7-8H2,1-4H3,(H2,32,33,36). The molecule has 188 valence electrons. The molecule has 0 saturated carbocycles. The zero-order chi connectivity index (χ0) is 26.0. The van der Waals surface area contributed by atoms with Crippen molar-refractivity contribution in [3.63, 3.8) is 0 Å². The predicted octanol–water partition coefficient (Wildman–Crippen LogP) is 6.03. The number of hydrogen-bond acceptors (Lipinski definition) is 3. The van der Waals surface area contributed by atoms with Gasteiger partial charge in [0.05, 0.1) is 5.69 Å². The van der Waals surface area contributed by atoms with Crippen LogP contribution in [0.3, 0.4) is 0 Å². The highest BCUT2D eigenvalue weighted by molar-refractivity contribution is 6.88. The van der Waals surface area contributed by atoms with E-state index in [2.05, 4.69) is 47.2 Å². The summed E-state index contributed by atoms with van der Waals surface area (Å²) in [6, 6.07) is 19.9. The summed E-state index contributed by atoms with van der Waals surface area (Å²) in [7, 11) is -1.69. The SMILES string of the molecule is Cc1ccc(-n2nc([Si](C)(C)C)cc2NC(=O)Nc2ccc3[nH]cc(CCc4ccncc4)c3c2)cc1. The van der Waals surface area contributed by atoms with Crippen molar-refractivity contribution < 1.29 is 4.79 Å². The largest absolute Gasteiger partial charge is 0.361 e. The van der Waals surface area contributed by atoms with E-state index in [1.165, 1.54) is 16.7 Å². The predicted molar refractivity (Wildman–Crippen MR) is 154 cm³/mol. The van der Waals surface area contributed by atoms with Gasteiger partial charge in [0.15, 0.2) is 0 Å². The van der Waals surface area contributed by atoms with E-state index in [4.69, 9.17) is 5.10 Å². The second-order valence-electron chi connectivity index (χ2n) is 10.4. The van der Waals surface area contributed by atoms with Crippen LogP contribution in [0.5, 0.6) is 0 Å². The molecule has 0 aliphatic heterocycles. The van der Waals surface area contributed by atoms with Crippen LogP contribution in [0.15, 0.2) is 79.3 Å². The van der Waals surface area contributed by atoms with Crippen molar-refractivity contribution in [2.75, 3.05) is 10.6 Å². The molecule has 0 atom stereocenters. The minimum atomic E-state index is -1.69. The highest BCUT2D eigenvalue weighted by Gasteiger charge is 2.23. The Morgan fingerprint density at radius 2 is 1.70 bits per heavy atom. The fourth-order valence-electron chi connectivity index (χ4n) is 4.29. The first-order valence-corrected chi connectivity index (χ1v) is 16.0. The van der Waals surface area contributed by atoms with Crippen molar-refractivity contribution in [1.82, 2.24) is 19.7 Å². The number of anilines is 2. The number of fused-ring (bicyclic) bond motifs is 1. The van der Waals surface area contributed by atoms with Crippen LogP contribution in [-0.2, 0) is 12.8 Å². The number of aryl methyl sites for hydroxylation is 3. The molecule has 2 amide bonds. The molecule has 5 aromatic rings. The van der Waals surface area contributed by atoms with E-state index in [-0.39, 0.29) is 6.03 Å². The molecule has 3 aromatic heterocycles. The quantitative estimate of drug-likeness (QED) is 0.235. The summed E-state index contributed by atoms with van der Waals surface area (Å²) >= 11 is 0. The molecule has 0 saturated heterocycles. The third-order valence-electron chi connectivity index (χ3n) is 6.46. The smallest absolute Gasteiger partial charge is 0.324 e. The minimum absolute atomic E-state index is 0.302. The van der Waals surface area contributed by atoms with Gasteiger partial charge in [0.2, 0.25) is 0 Å². The van der Waals surface area contributed by atoms with Gasteiger partial charge in [-0.1, -0.05) is 37.3 Å². The van der Waals surface area contributed by atoms with Crippen molar-refractivity contribution >= 4 is 41.8 Å². The van der Waals surface area contributed by atoms with Crippen LogP contribution >= 0.6 is 0 Å². The van der Waals surface area contributed by atoms with E-state index >= 15 is 0 Å². The molecule has 0 aliphatic rings. The van der Waals surface area contributed by atoms with Crippen molar-refractivity contribution in [3.8, 4) is 5.69 Å². The van der Waals surface area contributed by atoms with Crippen molar-refractivity contribution in [1.29, 1.82) is 0 Å². The Hall–Kier alpha value is -4.17. The Morgan fingerprint density at radius 3 is 2.43 bits per heavy atom. The fourth-order valence-corrected chi connectivity index (χ4v) is 5.26. The van der Waals surface area contributed by atoms with Gasteiger partial charge in [0.1, 0.15) is 13.9 Å². The van der Waals surface area contributed by atoms with Crippen LogP contribution in [0.25, 0.3) is 16.6 Å². The zero-order valence-corrected chi connectivity index (χ0v) is 22.7. The van der Waals surface area contributed by atoms with Gasteiger partial charge in [-0.25, -0.2) is 9.48 Å². The van der Waals surface area contributed by atoms with E-state index < -0.39 is 8.07 Å². The normalized spacial score (nSPS) is 11.6. The molecule has 5 rings (SSSR count). The third-order valence-corrected chi connectivity index (χ3v) is 8.24. The minimum Gasteiger partial charge on any atom is -0.361 e. The van der Waals surface area contributed by atoms with E-state index in [0.29, 0.717) is 5.82 Å². The van der Waals surface area contributed by atoms with Crippen LogP contribution in [0, 0.1) is 6.92 Å². The summed E-state index contributed by atoms with van der Waals surface area (Å²) < 4.78 is 1.82. The Bertz CT molecular complexity index is 1530. The number of pyridine rings is 1. The lowest BCUT2D eigenvalue weighted by atomic mass is 10.0. The summed E-state index contributed by atoms with van der Waals surface area (Å²) in [4.78, 5) is 20.5. The molecule has 2 aromatic carbocycles. The molecule has 0 aliphatic carbocycles. The van der Waals surface area contributed by atoms with E-state index in [1.54, 1.807) is 0 Å². The van der Waals surface area contributed by atoms with Gasteiger partial charge in [0, 0.05) is 40.5 Å². The first-order chi connectivity index (χ1) is 17.8. The molecular formula is C29H32N6OSi. The second kappa shape index (κ2) is 10.1. The first kappa shape index (κ1) is 24.5. The van der Waals surface area contributed by atoms with Crippen LogP contribution in [0.2, 0.25) is 19.6 Å². The summed E-state index contributed by atoms with van der Waals surface area (Å²) in [6.45, 7) is 8.80. The summed E-state index contributed by atoms with van der Waals surface area (Å²) in [6.07, 6.45) is 7.52. The topological polar surface area (TPSA) is 87.6 Å². The molecule has 0 unspecified atom stereocenters. The van der Waals surface area contributed by atoms with Gasteiger partial charge in [-0.05, 0) is 79.4 Å². The van der Waals surface area contributed by atoms with Crippen LogP contribution in [0.4, 0.5) is 16.3 Å². The van der Waals surface area contributed by atoms with Gasteiger partial charge in [-0.2, -0.15) is 5.10 Å². The monoisotopic (exact) mass is 508 g/mol. The third kappa shape index (κ3) is 5.64. The number of hydrogen-bond donors (Lipinski definition) is 3. The van der Waals surface area contributed by atoms with Gasteiger partial charge in [0.25, 0.3) is 0 Å². The number of rotatable bonds is 7. The number of amides is 2. The molecule has 7 nitrogen and oxygen atoms in total. The molecule has 0 fully saturated rings. The fraction of sp³-hybridized carbons (Fsp3) is 0.207. The summed E-state index contributed by atoms with van der Waals surface area (Å²) in [5.74, 6) is 0.652. The number of urea groups is 1. The molecule has 8 heteroatoms. The van der Waals surface area contributed by atoms with Gasteiger partial charge in [-0.3, -0.25) is 10.3 Å². The average Bonchev–Trinajstić information content (AvgIpc) is 3.48. The molecule has 0 radical (unpaired) electrons. The zero-order valence-electron chi connectivity index (χ0n) is 21.7. The Labute approximate surface area is 218 Å². The molecule has 3 heterocycles. The molecule has 0 spiro atoms. The van der Waals surface area contributed by atoms with Crippen molar-refractivity contribution in [3.05, 3.63) is 95.9 Å². The number of aromatic amines is 1. The summed E-state index contributed by atoms with van der Waals surface area (Å²) in [5.41, 5.74) is 6.34. The number of carbonyl (C=O) groups is 1. The van der Waals surface area contributed by atoms with Crippen molar-refractivity contribution in [2.24, 2.45) is 0 Å². The lowest BCUT2D eigenvalue weighted by Crippen LogP contribution is -2.39. The lowest BCUT2D eigenvalue weighted by molar-refractivity contribution is 0.262. The van der Waals surface area contributed by atoms with E-state index in [1.807, 2.05) is 83.9 Å². The van der Waals surface area contributed by atoms with Crippen LogP contribution in [-0.4, -0.2) is 33.9 Å². The van der Waals surface area contributed by atoms with Gasteiger partial charge < -0.3 is 10.3 Å². The molecule has 3 N–H and O–H groups in total. The highest BCUT2D eigenvalue weighted by atomic mass is 28.3. The Balaban J connectivity index is 1.35. The van der Waals surface area contributed by atoms with E-state index in [9.17, 15) is 4.79 Å². The Kier molecular flexibility index (Phi) is 6.67. The van der Waals surface area contributed by atoms with Crippen molar-refractivity contribution in [2.45, 2.75) is 39.4 Å². The number of aromatic nitrogens is 4. The van der Waals surface area contributed by atoms with E-state index in [0.717, 1.165) is 40.4 Å². The summed E-state index contributed by atoms with van der Waals surface area (Å²) in [5, 5.41) is 13.0. The highest BCUT2D eigenvalue weighted by Crippen LogP contribution is 2.24. The number of benzene rings is 2. The maximum Gasteiger partial charge on any atom is 0.324 e. The second-order valence-corrected chi connectivity index (χ2v) is 15.4. The molecule has 37 heavy (non-hydrogen) atoms. The van der Waals surface area contributed by atoms with Gasteiger partial charge in [-0.15, -0.1) is 0 Å². The molecule has 0 bridgehead atoms. The number of H-pyrrole nitrogens is 1. The van der Waals surface area contributed by atoms with Crippen LogP contribution < -0.4 is 16.0 Å². The number of nitrogens with zero attached hydrogens (tertiary/aromatic N) is 3. The number of nitrogens with one attached hydrogen (secondary N) is 3. The maximum atomic E-state index is 13.1. The van der Waals surface area contributed by atoms with Gasteiger partial charge >= 0.3 is 6.03 Å². The van der Waals surface area contributed by atoms with Crippen LogP contribution in [0.1, 0.15) is 16.7 Å². The lowest BCUT2D eigenvalue weighted by Gasteiger charge is -2.11. The average molecular weight is 509 g/mol. The Morgan fingerprint density at radius 1 is 0.946 bits per heavy atom. The molecular weight excluding hydrogens is 476 g/mol. The number of carbonyl (C=O) groups excluding carboxylic acids is 1.